The summed E-state index contributed by atoms with van der Waals surface area (Å²) < 4.78 is 5.46. The first-order valence-electron chi connectivity index (χ1n) is 5.35. The number of pyridine rings is 2. The number of rotatable bonds is 2. The zero-order valence-electron chi connectivity index (χ0n) is 9.84. The standard InChI is InChI=1S/C11H10N2O.C2H6/c1-9-4-5-11(13-7-9)14-10-3-2-6-12-8-10;1-2/h2-8H,1H3;1-2H3. The molecule has 2 aromatic heterocycles. The fourth-order valence-electron chi connectivity index (χ4n) is 1.04. The molecule has 0 aromatic carbocycles. The molecule has 2 rings (SSSR count). The van der Waals surface area contributed by atoms with Crippen molar-refractivity contribution in [3.8, 4) is 11.6 Å². The maximum Gasteiger partial charge on any atom is 0.219 e. The minimum Gasteiger partial charge on any atom is -0.437 e. The third-order valence-corrected chi connectivity index (χ3v) is 1.74. The summed E-state index contributed by atoms with van der Waals surface area (Å²) in [6.45, 7) is 5.99. The third-order valence-electron chi connectivity index (χ3n) is 1.74. The van der Waals surface area contributed by atoms with Gasteiger partial charge in [-0.1, -0.05) is 19.9 Å². The summed E-state index contributed by atoms with van der Waals surface area (Å²) in [4.78, 5) is 8.07. The molecule has 0 N–H and O–H groups in total. The van der Waals surface area contributed by atoms with Crippen LogP contribution < -0.4 is 4.74 Å². The Labute approximate surface area is 96.1 Å². The summed E-state index contributed by atoms with van der Waals surface area (Å²) in [5.41, 5.74) is 1.11. The van der Waals surface area contributed by atoms with Crippen molar-refractivity contribution in [1.29, 1.82) is 0 Å². The van der Waals surface area contributed by atoms with Gasteiger partial charge in [-0.25, -0.2) is 4.98 Å². The van der Waals surface area contributed by atoms with Crippen molar-refractivity contribution in [2.24, 2.45) is 0 Å². The van der Waals surface area contributed by atoms with Crippen LogP contribution in [0.15, 0.2) is 42.9 Å². The van der Waals surface area contributed by atoms with Crippen LogP contribution in [0.3, 0.4) is 0 Å². The van der Waals surface area contributed by atoms with Crippen LogP contribution in [0.2, 0.25) is 0 Å². The van der Waals surface area contributed by atoms with E-state index in [0.29, 0.717) is 11.6 Å². The van der Waals surface area contributed by atoms with Gasteiger partial charge >= 0.3 is 0 Å². The molecule has 2 aromatic rings. The van der Waals surface area contributed by atoms with Crippen molar-refractivity contribution in [2.45, 2.75) is 20.8 Å². The Bertz CT molecular complexity index is 398. The van der Waals surface area contributed by atoms with E-state index in [-0.39, 0.29) is 0 Å². The van der Waals surface area contributed by atoms with Crippen LogP contribution in [-0.2, 0) is 0 Å². The average Bonchev–Trinajstić information content (AvgIpc) is 2.36. The Morgan fingerprint density at radius 3 is 2.44 bits per heavy atom. The number of aromatic nitrogens is 2. The lowest BCUT2D eigenvalue weighted by atomic mass is 10.3. The molecule has 3 heteroatoms. The molecular formula is C13H16N2O. The monoisotopic (exact) mass is 216 g/mol. The van der Waals surface area contributed by atoms with Crippen LogP contribution in [0.1, 0.15) is 19.4 Å². The van der Waals surface area contributed by atoms with E-state index in [1.807, 2.05) is 45.0 Å². The molecule has 0 aliphatic rings. The predicted molar refractivity (Wildman–Crippen MR) is 64.6 cm³/mol. The molecule has 0 unspecified atom stereocenters. The number of ether oxygens (including phenoxy) is 1. The quantitative estimate of drug-likeness (QED) is 0.769. The lowest BCUT2D eigenvalue weighted by molar-refractivity contribution is 0.460. The van der Waals surface area contributed by atoms with Crippen LogP contribution in [0.25, 0.3) is 0 Å². The molecule has 84 valence electrons. The molecule has 3 nitrogen and oxygen atoms in total. The lowest BCUT2D eigenvalue weighted by Gasteiger charge is -2.02. The highest BCUT2D eigenvalue weighted by molar-refractivity contribution is 5.24. The Kier molecular flexibility index (Phi) is 4.99. The zero-order chi connectivity index (χ0) is 11.8. The van der Waals surface area contributed by atoms with E-state index in [1.165, 1.54) is 0 Å². The van der Waals surface area contributed by atoms with Gasteiger partial charge in [-0.15, -0.1) is 0 Å². The van der Waals surface area contributed by atoms with E-state index in [2.05, 4.69) is 9.97 Å². The summed E-state index contributed by atoms with van der Waals surface area (Å²) in [6, 6.07) is 7.46. The summed E-state index contributed by atoms with van der Waals surface area (Å²) in [6.07, 6.45) is 5.13. The van der Waals surface area contributed by atoms with Crippen molar-refractivity contribution >= 4 is 0 Å². The van der Waals surface area contributed by atoms with Gasteiger partial charge in [0.2, 0.25) is 5.88 Å². The first kappa shape index (κ1) is 12.2. The molecule has 0 atom stereocenters. The highest BCUT2D eigenvalue weighted by atomic mass is 16.5. The van der Waals surface area contributed by atoms with Crippen molar-refractivity contribution < 1.29 is 4.74 Å². The molecule has 2 heterocycles. The van der Waals surface area contributed by atoms with Gasteiger partial charge in [0.25, 0.3) is 0 Å². The van der Waals surface area contributed by atoms with E-state index in [1.54, 1.807) is 18.6 Å². The maximum absolute atomic E-state index is 5.46. The Balaban J connectivity index is 0.000000606. The van der Waals surface area contributed by atoms with E-state index in [9.17, 15) is 0 Å². The lowest BCUT2D eigenvalue weighted by Crippen LogP contribution is -1.87. The molecule has 0 saturated carbocycles. The summed E-state index contributed by atoms with van der Waals surface area (Å²) in [7, 11) is 0. The van der Waals surface area contributed by atoms with Crippen molar-refractivity contribution in [3.63, 3.8) is 0 Å². The second-order valence-corrected chi connectivity index (χ2v) is 2.96. The van der Waals surface area contributed by atoms with Gasteiger partial charge in [0.1, 0.15) is 5.75 Å². The van der Waals surface area contributed by atoms with E-state index < -0.39 is 0 Å². The Hall–Kier alpha value is -1.90. The van der Waals surface area contributed by atoms with Crippen LogP contribution in [0.4, 0.5) is 0 Å². The molecule has 0 bridgehead atoms. The number of nitrogens with zero attached hydrogens (tertiary/aromatic N) is 2. The van der Waals surface area contributed by atoms with Crippen molar-refractivity contribution in [3.05, 3.63) is 48.4 Å². The van der Waals surface area contributed by atoms with Crippen molar-refractivity contribution in [1.82, 2.24) is 9.97 Å². The molecule has 0 spiro atoms. The Morgan fingerprint density at radius 2 is 1.88 bits per heavy atom. The van der Waals surface area contributed by atoms with Gasteiger partial charge in [-0.05, 0) is 24.6 Å². The van der Waals surface area contributed by atoms with Crippen LogP contribution in [0, 0.1) is 6.92 Å². The molecule has 16 heavy (non-hydrogen) atoms. The van der Waals surface area contributed by atoms with Gasteiger partial charge in [0.05, 0.1) is 6.20 Å². The van der Waals surface area contributed by atoms with Gasteiger partial charge < -0.3 is 4.74 Å². The normalized spacial score (nSPS) is 8.94. The molecule has 0 fully saturated rings. The largest absolute Gasteiger partial charge is 0.437 e. The van der Waals surface area contributed by atoms with E-state index >= 15 is 0 Å². The Morgan fingerprint density at radius 1 is 1.06 bits per heavy atom. The summed E-state index contributed by atoms with van der Waals surface area (Å²) >= 11 is 0. The third kappa shape index (κ3) is 3.69. The smallest absolute Gasteiger partial charge is 0.219 e. The molecule has 0 amide bonds. The minimum absolute atomic E-state index is 0.587. The number of hydrogen-bond acceptors (Lipinski definition) is 3. The van der Waals surface area contributed by atoms with Crippen molar-refractivity contribution in [2.75, 3.05) is 0 Å². The molecule has 0 aliphatic carbocycles. The average molecular weight is 216 g/mol. The fourth-order valence-corrected chi connectivity index (χ4v) is 1.04. The first-order valence-corrected chi connectivity index (χ1v) is 5.35. The maximum atomic E-state index is 5.46. The topological polar surface area (TPSA) is 35.0 Å². The second kappa shape index (κ2) is 6.56. The summed E-state index contributed by atoms with van der Waals surface area (Å²) in [5, 5.41) is 0. The molecule has 0 aliphatic heterocycles. The first-order chi connectivity index (χ1) is 7.84. The van der Waals surface area contributed by atoms with Gasteiger partial charge in [0.15, 0.2) is 0 Å². The minimum atomic E-state index is 0.587. The van der Waals surface area contributed by atoms with Crippen LogP contribution in [-0.4, -0.2) is 9.97 Å². The zero-order valence-corrected chi connectivity index (χ0v) is 9.84. The van der Waals surface area contributed by atoms with Gasteiger partial charge in [-0.3, -0.25) is 4.98 Å². The highest BCUT2D eigenvalue weighted by Crippen LogP contribution is 2.16. The van der Waals surface area contributed by atoms with Gasteiger partial charge in [0, 0.05) is 18.5 Å². The van der Waals surface area contributed by atoms with E-state index in [4.69, 9.17) is 4.74 Å². The number of aryl methyl sites for hydroxylation is 1. The van der Waals surface area contributed by atoms with Crippen LogP contribution in [0.5, 0.6) is 11.6 Å². The molecule has 0 radical (unpaired) electrons. The molecule has 0 saturated heterocycles. The SMILES string of the molecule is CC.Cc1ccc(Oc2cccnc2)nc1. The van der Waals surface area contributed by atoms with Gasteiger partial charge in [-0.2, -0.15) is 0 Å². The second-order valence-electron chi connectivity index (χ2n) is 2.96. The predicted octanol–water partition coefficient (Wildman–Crippen LogP) is 3.60. The highest BCUT2D eigenvalue weighted by Gasteiger charge is 1.96. The van der Waals surface area contributed by atoms with E-state index in [0.717, 1.165) is 5.56 Å². The fraction of sp³-hybridized carbons (Fsp3) is 0.231. The number of hydrogen-bond donors (Lipinski definition) is 0. The molecular weight excluding hydrogens is 200 g/mol. The summed E-state index contributed by atoms with van der Waals surface area (Å²) in [5.74, 6) is 1.28. The van der Waals surface area contributed by atoms with Crippen LogP contribution >= 0.6 is 0 Å².